The molecule has 2 saturated heterocycles. The number of aliphatic hydroxyl groups is 1. The van der Waals surface area contributed by atoms with Gasteiger partial charge in [0.15, 0.2) is 0 Å². The Morgan fingerprint density at radius 1 is 1.56 bits per heavy atom. The van der Waals surface area contributed by atoms with Gasteiger partial charge in [-0.05, 0) is 20.3 Å². The lowest BCUT2D eigenvalue weighted by Crippen LogP contribution is -2.62. The fraction of sp³-hybridized carbons (Fsp3) is 0.800. The first-order valence-electron chi connectivity index (χ1n) is 5.24. The van der Waals surface area contributed by atoms with Gasteiger partial charge in [-0.3, -0.25) is 4.79 Å². The zero-order chi connectivity index (χ0) is 12.1. The van der Waals surface area contributed by atoms with Gasteiger partial charge in [0, 0.05) is 11.4 Å². The highest BCUT2D eigenvalue weighted by Gasteiger charge is 2.63. The third-order valence-corrected chi connectivity index (χ3v) is 4.85. The van der Waals surface area contributed by atoms with Gasteiger partial charge in [0.2, 0.25) is 5.91 Å². The molecule has 0 unspecified atom stereocenters. The Hall–Kier alpha value is -0.750. The van der Waals surface area contributed by atoms with Crippen LogP contribution in [0.25, 0.3) is 0 Å². The SMILES string of the molecule is CC1(C)S[C@@H]2[C@H](CCO)C(=O)N2[C@H]1C(=O)O. The number of rotatable bonds is 3. The number of β-lactam (4-membered cyclic amide) rings is 1. The van der Waals surface area contributed by atoms with Gasteiger partial charge in [0.05, 0.1) is 11.3 Å². The summed E-state index contributed by atoms with van der Waals surface area (Å²) in [5.74, 6) is -1.29. The number of hydrogen-bond acceptors (Lipinski definition) is 4. The molecule has 0 aromatic carbocycles. The standard InChI is InChI=1S/C10H15NO4S/c1-10(2)6(9(14)15)11-7(13)5(3-4-12)8(11)16-10/h5-6,8,12H,3-4H2,1-2H3,(H,14,15)/t5-,6+,8-/m1/s1. The predicted molar refractivity (Wildman–Crippen MR) is 58.9 cm³/mol. The van der Waals surface area contributed by atoms with E-state index in [1.165, 1.54) is 16.7 Å². The number of hydrogen-bond donors (Lipinski definition) is 2. The zero-order valence-electron chi connectivity index (χ0n) is 9.21. The molecule has 2 N–H and O–H groups in total. The molecule has 2 rings (SSSR count). The highest BCUT2D eigenvalue weighted by atomic mass is 32.2. The molecule has 2 fully saturated rings. The average molecular weight is 245 g/mol. The van der Waals surface area contributed by atoms with Crippen LogP contribution in [-0.2, 0) is 9.59 Å². The highest BCUT2D eigenvalue weighted by Crippen LogP contribution is 2.53. The Morgan fingerprint density at radius 3 is 2.69 bits per heavy atom. The maximum Gasteiger partial charge on any atom is 0.327 e. The largest absolute Gasteiger partial charge is 0.480 e. The fourth-order valence-corrected chi connectivity index (χ4v) is 4.22. The molecule has 16 heavy (non-hydrogen) atoms. The van der Waals surface area contributed by atoms with Gasteiger partial charge in [-0.1, -0.05) is 0 Å². The first-order chi connectivity index (χ1) is 7.40. The van der Waals surface area contributed by atoms with Crippen LogP contribution in [0.1, 0.15) is 20.3 Å². The number of carboxylic acid groups (broad SMARTS) is 1. The van der Waals surface area contributed by atoms with Crippen LogP contribution in [0.2, 0.25) is 0 Å². The lowest BCUT2D eigenvalue weighted by molar-refractivity contribution is -0.164. The second kappa shape index (κ2) is 3.63. The number of amides is 1. The van der Waals surface area contributed by atoms with Crippen molar-refractivity contribution < 1.29 is 19.8 Å². The topological polar surface area (TPSA) is 77.8 Å². The number of thioether (sulfide) groups is 1. The number of carboxylic acids is 1. The smallest absolute Gasteiger partial charge is 0.327 e. The van der Waals surface area contributed by atoms with Gasteiger partial charge in [0.1, 0.15) is 6.04 Å². The first-order valence-corrected chi connectivity index (χ1v) is 6.12. The van der Waals surface area contributed by atoms with Crippen molar-refractivity contribution in [3.8, 4) is 0 Å². The second-order valence-electron chi connectivity index (χ2n) is 4.72. The Balaban J connectivity index is 2.21. The Morgan fingerprint density at radius 2 is 2.19 bits per heavy atom. The van der Waals surface area contributed by atoms with Crippen molar-refractivity contribution in [2.45, 2.75) is 36.4 Å². The van der Waals surface area contributed by atoms with Crippen LogP contribution < -0.4 is 0 Å². The molecule has 0 radical (unpaired) electrons. The summed E-state index contributed by atoms with van der Waals surface area (Å²) in [7, 11) is 0. The second-order valence-corrected chi connectivity index (χ2v) is 6.49. The summed E-state index contributed by atoms with van der Waals surface area (Å²) in [6.07, 6.45) is 0.426. The number of fused-ring (bicyclic) bond motifs is 1. The molecule has 0 aromatic heterocycles. The van der Waals surface area contributed by atoms with Crippen molar-refractivity contribution in [3.63, 3.8) is 0 Å². The highest BCUT2D eigenvalue weighted by molar-refractivity contribution is 8.01. The summed E-state index contributed by atoms with van der Waals surface area (Å²) in [5, 5.41) is 17.9. The lowest BCUT2D eigenvalue weighted by Gasteiger charge is -2.43. The van der Waals surface area contributed by atoms with Gasteiger partial charge in [-0.15, -0.1) is 11.8 Å². The molecule has 0 aromatic rings. The van der Waals surface area contributed by atoms with E-state index in [0.717, 1.165) is 0 Å². The van der Waals surface area contributed by atoms with Crippen LogP contribution >= 0.6 is 11.8 Å². The minimum Gasteiger partial charge on any atom is -0.480 e. The molecule has 90 valence electrons. The quantitative estimate of drug-likeness (QED) is 0.691. The summed E-state index contributed by atoms with van der Waals surface area (Å²) < 4.78 is -0.462. The molecule has 5 nitrogen and oxygen atoms in total. The minimum absolute atomic E-state index is 0.0283. The molecule has 0 bridgehead atoms. The minimum atomic E-state index is -0.948. The normalized spacial score (nSPS) is 35.8. The summed E-state index contributed by atoms with van der Waals surface area (Å²) in [6, 6.07) is -0.745. The van der Waals surface area contributed by atoms with E-state index in [1.807, 2.05) is 13.8 Å². The van der Waals surface area contributed by atoms with E-state index in [0.29, 0.717) is 6.42 Å². The Bertz CT molecular complexity index is 344. The van der Waals surface area contributed by atoms with Crippen molar-refractivity contribution in [1.29, 1.82) is 0 Å². The molecule has 0 spiro atoms. The van der Waals surface area contributed by atoms with E-state index >= 15 is 0 Å². The van der Waals surface area contributed by atoms with Gasteiger partial charge in [-0.2, -0.15) is 0 Å². The molecule has 6 heteroatoms. The van der Waals surface area contributed by atoms with Crippen molar-refractivity contribution in [1.82, 2.24) is 4.90 Å². The molecular formula is C10H15NO4S. The van der Waals surface area contributed by atoms with Gasteiger partial charge >= 0.3 is 5.97 Å². The van der Waals surface area contributed by atoms with Crippen LogP contribution in [0.15, 0.2) is 0 Å². The van der Waals surface area contributed by atoms with Crippen molar-refractivity contribution in [3.05, 3.63) is 0 Å². The van der Waals surface area contributed by atoms with E-state index in [9.17, 15) is 9.59 Å². The number of carbonyl (C=O) groups is 2. The summed E-state index contributed by atoms with van der Waals surface area (Å²) >= 11 is 1.52. The maximum absolute atomic E-state index is 11.8. The van der Waals surface area contributed by atoms with Crippen LogP contribution in [-0.4, -0.2) is 49.8 Å². The summed E-state index contributed by atoms with van der Waals surface area (Å²) in [4.78, 5) is 24.4. The molecular weight excluding hydrogens is 230 g/mol. The van der Waals surface area contributed by atoms with Crippen LogP contribution in [0.5, 0.6) is 0 Å². The lowest BCUT2D eigenvalue weighted by atomic mass is 9.90. The first kappa shape index (κ1) is 11.7. The van der Waals surface area contributed by atoms with E-state index < -0.39 is 16.8 Å². The average Bonchev–Trinajstić information content (AvgIpc) is 2.43. The molecule has 2 aliphatic rings. The molecule has 2 heterocycles. The maximum atomic E-state index is 11.8. The molecule has 0 aliphatic carbocycles. The number of aliphatic hydroxyl groups excluding tert-OH is 1. The number of carbonyl (C=O) groups excluding carboxylic acids is 1. The summed E-state index contributed by atoms with van der Waals surface area (Å²) in [5.41, 5.74) is 0. The van der Waals surface area contributed by atoms with Gasteiger partial charge in [-0.25, -0.2) is 4.79 Å². The van der Waals surface area contributed by atoms with Crippen LogP contribution in [0.3, 0.4) is 0 Å². The third-order valence-electron chi connectivity index (χ3n) is 3.23. The van der Waals surface area contributed by atoms with E-state index in [-0.39, 0.29) is 23.8 Å². The van der Waals surface area contributed by atoms with Crippen LogP contribution in [0, 0.1) is 5.92 Å². The molecule has 1 amide bonds. The van der Waals surface area contributed by atoms with E-state index in [4.69, 9.17) is 10.2 Å². The monoisotopic (exact) mass is 245 g/mol. The number of aliphatic carboxylic acids is 1. The zero-order valence-corrected chi connectivity index (χ0v) is 10.0. The summed E-state index contributed by atoms with van der Waals surface area (Å²) in [6.45, 7) is 3.66. The fourth-order valence-electron chi connectivity index (χ4n) is 2.50. The van der Waals surface area contributed by atoms with Gasteiger partial charge in [0.25, 0.3) is 0 Å². The van der Waals surface area contributed by atoms with E-state index in [1.54, 1.807) is 0 Å². The Kier molecular flexibility index (Phi) is 2.66. The molecule has 2 aliphatic heterocycles. The van der Waals surface area contributed by atoms with Gasteiger partial charge < -0.3 is 15.1 Å². The van der Waals surface area contributed by atoms with Crippen molar-refractivity contribution in [2.24, 2.45) is 5.92 Å². The Labute approximate surface area is 97.8 Å². The van der Waals surface area contributed by atoms with Crippen molar-refractivity contribution in [2.75, 3.05) is 6.61 Å². The predicted octanol–water partition coefficient (Wildman–Crippen LogP) is 0.132. The van der Waals surface area contributed by atoms with Crippen LogP contribution in [0.4, 0.5) is 0 Å². The molecule has 3 atom stereocenters. The van der Waals surface area contributed by atoms with Crippen molar-refractivity contribution >= 4 is 23.6 Å². The third kappa shape index (κ3) is 1.43. The molecule has 0 saturated carbocycles. The number of nitrogens with zero attached hydrogens (tertiary/aromatic N) is 1. The van der Waals surface area contributed by atoms with E-state index in [2.05, 4.69) is 0 Å².